The molecule has 0 aromatic heterocycles. The van der Waals surface area contributed by atoms with Crippen LogP contribution < -0.4 is 5.32 Å². The quantitative estimate of drug-likeness (QED) is 0.882. The minimum atomic E-state index is 0.114. The molecule has 1 unspecified atom stereocenters. The average molecular weight is 246 g/mol. The highest BCUT2D eigenvalue weighted by atomic mass is 16.2. The molecule has 3 heteroatoms. The number of carbonyl (C=O) groups is 1. The van der Waals surface area contributed by atoms with E-state index in [0.717, 1.165) is 6.42 Å². The molecule has 0 radical (unpaired) electrons. The number of benzene rings is 1. The van der Waals surface area contributed by atoms with Crippen LogP contribution in [0.5, 0.6) is 0 Å². The Labute approximate surface area is 109 Å². The number of nitrogens with one attached hydrogen (secondary N) is 1. The maximum absolute atomic E-state index is 11.7. The van der Waals surface area contributed by atoms with E-state index in [1.807, 2.05) is 14.0 Å². The standard InChI is InChI=1S/C15H22N2O/c1-3-16-15(18)11-17(2)14-10-6-8-12-7-4-5-9-13(12)14/h4-5,7,9,14H,3,6,8,10-11H2,1-2H3,(H,16,18). The Morgan fingerprint density at radius 3 is 3.00 bits per heavy atom. The van der Waals surface area contributed by atoms with E-state index in [1.54, 1.807) is 0 Å². The zero-order valence-corrected chi connectivity index (χ0v) is 11.3. The molecule has 1 N–H and O–H groups in total. The average Bonchev–Trinajstić information content (AvgIpc) is 2.38. The molecule has 1 aliphatic carbocycles. The molecule has 1 aromatic carbocycles. The lowest BCUT2D eigenvalue weighted by Gasteiger charge is -2.32. The summed E-state index contributed by atoms with van der Waals surface area (Å²) in [6.07, 6.45) is 3.52. The Bertz CT molecular complexity index is 417. The fourth-order valence-electron chi connectivity index (χ4n) is 2.78. The molecule has 1 amide bonds. The molecule has 0 spiro atoms. The largest absolute Gasteiger partial charge is 0.355 e. The van der Waals surface area contributed by atoms with E-state index >= 15 is 0 Å². The van der Waals surface area contributed by atoms with Gasteiger partial charge < -0.3 is 5.32 Å². The molecule has 0 heterocycles. The van der Waals surface area contributed by atoms with E-state index in [1.165, 1.54) is 24.0 Å². The van der Waals surface area contributed by atoms with Crippen molar-refractivity contribution in [2.24, 2.45) is 0 Å². The van der Waals surface area contributed by atoms with E-state index in [4.69, 9.17) is 0 Å². The lowest BCUT2D eigenvalue weighted by atomic mass is 9.87. The second-order valence-corrected chi connectivity index (χ2v) is 4.98. The first-order chi connectivity index (χ1) is 8.72. The van der Waals surface area contributed by atoms with Crippen LogP contribution in [0.2, 0.25) is 0 Å². The number of carbonyl (C=O) groups excluding carboxylic acids is 1. The fraction of sp³-hybridized carbons (Fsp3) is 0.533. The fourth-order valence-corrected chi connectivity index (χ4v) is 2.78. The highest BCUT2D eigenvalue weighted by molar-refractivity contribution is 5.77. The summed E-state index contributed by atoms with van der Waals surface area (Å²) < 4.78 is 0. The summed E-state index contributed by atoms with van der Waals surface area (Å²) in [5.74, 6) is 0.114. The van der Waals surface area contributed by atoms with Gasteiger partial charge in [-0.2, -0.15) is 0 Å². The monoisotopic (exact) mass is 246 g/mol. The number of likely N-dealkylation sites (N-methyl/N-ethyl adjacent to an activating group) is 2. The van der Waals surface area contributed by atoms with Gasteiger partial charge in [-0.15, -0.1) is 0 Å². The maximum atomic E-state index is 11.7. The first kappa shape index (κ1) is 13.1. The van der Waals surface area contributed by atoms with Crippen molar-refractivity contribution in [2.45, 2.75) is 32.2 Å². The molecular weight excluding hydrogens is 224 g/mol. The first-order valence-electron chi connectivity index (χ1n) is 6.77. The van der Waals surface area contributed by atoms with Crippen LogP contribution in [0.4, 0.5) is 0 Å². The molecule has 0 fully saturated rings. The molecule has 1 aliphatic rings. The van der Waals surface area contributed by atoms with Gasteiger partial charge in [-0.3, -0.25) is 9.69 Å². The first-order valence-corrected chi connectivity index (χ1v) is 6.77. The SMILES string of the molecule is CCNC(=O)CN(C)C1CCCc2ccccc21. The summed E-state index contributed by atoms with van der Waals surface area (Å²) in [6, 6.07) is 8.99. The van der Waals surface area contributed by atoms with Crippen LogP contribution in [0.1, 0.15) is 36.9 Å². The van der Waals surface area contributed by atoms with Gasteiger partial charge in [0.2, 0.25) is 5.91 Å². The van der Waals surface area contributed by atoms with Crippen LogP contribution in [0.3, 0.4) is 0 Å². The molecular formula is C15H22N2O. The molecule has 0 saturated carbocycles. The van der Waals surface area contributed by atoms with Crippen LogP contribution in [-0.2, 0) is 11.2 Å². The zero-order valence-electron chi connectivity index (χ0n) is 11.3. The van der Waals surface area contributed by atoms with Crippen LogP contribution in [0.25, 0.3) is 0 Å². The van der Waals surface area contributed by atoms with Crippen LogP contribution >= 0.6 is 0 Å². The van der Waals surface area contributed by atoms with Crippen molar-refractivity contribution in [3.8, 4) is 0 Å². The second kappa shape index (κ2) is 6.01. The summed E-state index contributed by atoms with van der Waals surface area (Å²) in [5, 5.41) is 2.86. The van der Waals surface area contributed by atoms with Gasteiger partial charge >= 0.3 is 0 Å². The second-order valence-electron chi connectivity index (χ2n) is 4.98. The number of hydrogen-bond donors (Lipinski definition) is 1. The number of amides is 1. The number of hydrogen-bond acceptors (Lipinski definition) is 2. The van der Waals surface area contributed by atoms with Gasteiger partial charge in [-0.25, -0.2) is 0 Å². The number of nitrogens with zero attached hydrogens (tertiary/aromatic N) is 1. The van der Waals surface area contributed by atoms with Gasteiger partial charge in [-0.05, 0) is 44.4 Å². The van der Waals surface area contributed by atoms with Crippen molar-refractivity contribution >= 4 is 5.91 Å². The lowest BCUT2D eigenvalue weighted by molar-refractivity contribution is -0.122. The molecule has 3 nitrogen and oxygen atoms in total. The number of aryl methyl sites for hydroxylation is 1. The van der Waals surface area contributed by atoms with Crippen molar-refractivity contribution < 1.29 is 4.79 Å². The molecule has 18 heavy (non-hydrogen) atoms. The highest BCUT2D eigenvalue weighted by Crippen LogP contribution is 2.33. The third-order valence-corrected chi connectivity index (χ3v) is 3.64. The Morgan fingerprint density at radius 2 is 2.22 bits per heavy atom. The summed E-state index contributed by atoms with van der Waals surface area (Å²) in [7, 11) is 2.04. The third kappa shape index (κ3) is 2.91. The lowest BCUT2D eigenvalue weighted by Crippen LogP contribution is -2.38. The molecule has 0 aliphatic heterocycles. The minimum absolute atomic E-state index is 0.114. The molecule has 1 atom stereocenters. The summed E-state index contributed by atoms with van der Waals surface area (Å²) >= 11 is 0. The van der Waals surface area contributed by atoms with Gasteiger partial charge in [-0.1, -0.05) is 24.3 Å². The van der Waals surface area contributed by atoms with Crippen molar-refractivity contribution in [3.05, 3.63) is 35.4 Å². The van der Waals surface area contributed by atoms with Gasteiger partial charge in [0.25, 0.3) is 0 Å². The molecule has 2 rings (SSSR count). The predicted molar refractivity (Wildman–Crippen MR) is 73.4 cm³/mol. The highest BCUT2D eigenvalue weighted by Gasteiger charge is 2.24. The normalized spacial score (nSPS) is 18.5. The Hall–Kier alpha value is -1.35. The molecule has 1 aromatic rings. The van der Waals surface area contributed by atoms with Gasteiger partial charge in [0.1, 0.15) is 0 Å². The summed E-state index contributed by atoms with van der Waals surface area (Å²) in [4.78, 5) is 13.8. The minimum Gasteiger partial charge on any atom is -0.355 e. The maximum Gasteiger partial charge on any atom is 0.234 e. The molecule has 98 valence electrons. The van der Waals surface area contributed by atoms with Crippen LogP contribution in [0.15, 0.2) is 24.3 Å². The third-order valence-electron chi connectivity index (χ3n) is 3.64. The van der Waals surface area contributed by atoms with Gasteiger partial charge in [0.05, 0.1) is 6.54 Å². The summed E-state index contributed by atoms with van der Waals surface area (Å²) in [6.45, 7) is 3.13. The van der Waals surface area contributed by atoms with E-state index in [2.05, 4.69) is 34.5 Å². The van der Waals surface area contributed by atoms with Crippen molar-refractivity contribution in [1.82, 2.24) is 10.2 Å². The number of fused-ring (bicyclic) bond motifs is 1. The Morgan fingerprint density at radius 1 is 1.44 bits per heavy atom. The van der Waals surface area contributed by atoms with Crippen LogP contribution in [-0.4, -0.2) is 30.9 Å². The van der Waals surface area contributed by atoms with E-state index in [-0.39, 0.29) is 5.91 Å². The predicted octanol–water partition coefficient (Wildman–Crippen LogP) is 2.13. The topological polar surface area (TPSA) is 32.3 Å². The van der Waals surface area contributed by atoms with Crippen molar-refractivity contribution in [1.29, 1.82) is 0 Å². The van der Waals surface area contributed by atoms with E-state index in [9.17, 15) is 4.79 Å². The molecule has 0 saturated heterocycles. The Kier molecular flexibility index (Phi) is 4.37. The van der Waals surface area contributed by atoms with Crippen molar-refractivity contribution in [3.63, 3.8) is 0 Å². The van der Waals surface area contributed by atoms with Gasteiger partial charge in [0, 0.05) is 12.6 Å². The van der Waals surface area contributed by atoms with Crippen LogP contribution in [0, 0.1) is 0 Å². The van der Waals surface area contributed by atoms with E-state index in [0.29, 0.717) is 19.1 Å². The molecule has 0 bridgehead atoms. The van der Waals surface area contributed by atoms with E-state index < -0.39 is 0 Å². The van der Waals surface area contributed by atoms with Gasteiger partial charge in [0.15, 0.2) is 0 Å². The Balaban J connectivity index is 2.08. The zero-order chi connectivity index (χ0) is 13.0. The number of rotatable bonds is 4. The smallest absolute Gasteiger partial charge is 0.234 e. The van der Waals surface area contributed by atoms with Crippen molar-refractivity contribution in [2.75, 3.05) is 20.1 Å². The summed E-state index contributed by atoms with van der Waals surface area (Å²) in [5.41, 5.74) is 2.84.